The van der Waals surface area contributed by atoms with Gasteiger partial charge in [0.1, 0.15) is 0 Å². The van der Waals surface area contributed by atoms with E-state index in [4.69, 9.17) is 0 Å². The smallest absolute Gasteiger partial charge is 0.0535 e. The highest BCUT2D eigenvalue weighted by Crippen LogP contribution is 2.37. The van der Waals surface area contributed by atoms with Gasteiger partial charge in [0.25, 0.3) is 0 Å². The van der Waals surface area contributed by atoms with Crippen LogP contribution in [0.25, 0.3) is 0 Å². The molecule has 0 aliphatic carbocycles. The van der Waals surface area contributed by atoms with Crippen molar-refractivity contribution in [2.45, 2.75) is 434 Å². The van der Waals surface area contributed by atoms with Crippen LogP contribution >= 0.6 is 0 Å². The summed E-state index contributed by atoms with van der Waals surface area (Å²) in [4.78, 5) is 0. The molecular weight excluding hydrogens is 873 g/mol. The quantitative estimate of drug-likeness (QED) is 0.212. The maximum absolute atomic E-state index is 1.70. The van der Waals surface area contributed by atoms with Crippen molar-refractivity contribution >= 4 is 16.1 Å². The summed E-state index contributed by atoms with van der Waals surface area (Å²) >= 11 is 0. The zero-order valence-corrected chi connectivity index (χ0v) is 51.1. The Kier molecular flexibility index (Phi) is 46.5. The van der Waals surface area contributed by atoms with Crippen LogP contribution in [0.2, 0.25) is 48.4 Å². The highest BCUT2D eigenvalue weighted by molar-refractivity contribution is 6.80. The standard InChI is InChI=1S/C68H136Si2/c1-2-6-14-22-30-38-46-54-62-70-65-57-49-41-33-25-17-9-3-7-15-23-31-39-47-55-63-69(61-53-45-37-29-21-13-5-1,67-59-51-43-35-27-19-11-12-20-28-36-44-52-60-68-70)64-56-48-40-32-24-16-8-4-10-18-26-34-42-50-58-66-70/h1-68H2. The summed E-state index contributed by atoms with van der Waals surface area (Å²) in [6.07, 6.45) is 92.2. The largest absolute Gasteiger partial charge is 0.0571 e. The Balaban J connectivity index is 1.77. The fraction of sp³-hybridized carbons (Fsp3) is 1.00. The van der Waals surface area contributed by atoms with Crippen LogP contribution in [-0.2, 0) is 0 Å². The molecule has 0 spiro atoms. The molecule has 0 atom stereocenters. The van der Waals surface area contributed by atoms with E-state index >= 15 is 0 Å². The lowest BCUT2D eigenvalue weighted by Gasteiger charge is -2.33. The molecule has 0 aromatic heterocycles. The molecule has 3 aliphatic heterocycles. The van der Waals surface area contributed by atoms with Gasteiger partial charge >= 0.3 is 0 Å². The van der Waals surface area contributed by atoms with Crippen LogP contribution in [0.1, 0.15) is 385 Å². The molecule has 3 saturated heterocycles. The van der Waals surface area contributed by atoms with Gasteiger partial charge < -0.3 is 0 Å². The molecule has 0 nitrogen and oxygen atoms in total. The van der Waals surface area contributed by atoms with E-state index in [0.29, 0.717) is 0 Å². The van der Waals surface area contributed by atoms with Crippen molar-refractivity contribution in [2.24, 2.45) is 0 Å². The van der Waals surface area contributed by atoms with E-state index in [1.807, 2.05) is 0 Å². The van der Waals surface area contributed by atoms with Gasteiger partial charge in [0.15, 0.2) is 0 Å². The monoisotopic (exact) mass is 1010 g/mol. The van der Waals surface area contributed by atoms with Crippen molar-refractivity contribution in [1.82, 2.24) is 0 Å². The van der Waals surface area contributed by atoms with Crippen molar-refractivity contribution in [3.05, 3.63) is 0 Å². The summed E-state index contributed by atoms with van der Waals surface area (Å²) in [7, 11) is -2.42. The zero-order valence-electron chi connectivity index (χ0n) is 49.1. The van der Waals surface area contributed by atoms with Crippen molar-refractivity contribution in [1.29, 1.82) is 0 Å². The van der Waals surface area contributed by atoms with Crippen LogP contribution < -0.4 is 0 Å². The average Bonchev–Trinajstić information content (AvgIpc) is 3.36. The summed E-state index contributed by atoms with van der Waals surface area (Å²) in [5.41, 5.74) is 0. The molecule has 3 rings (SSSR count). The summed E-state index contributed by atoms with van der Waals surface area (Å²) in [5, 5.41) is 0. The lowest BCUT2D eigenvalue weighted by atomic mass is 10.0. The van der Waals surface area contributed by atoms with Crippen LogP contribution in [0.15, 0.2) is 0 Å². The highest BCUT2D eigenvalue weighted by atomic mass is 28.3. The Hall–Kier alpha value is 0.434. The number of rotatable bonds is 0. The van der Waals surface area contributed by atoms with Crippen LogP contribution in [-0.4, -0.2) is 16.1 Å². The summed E-state index contributed by atoms with van der Waals surface area (Å²) in [6.45, 7) is 0. The van der Waals surface area contributed by atoms with E-state index < -0.39 is 16.1 Å². The van der Waals surface area contributed by atoms with Crippen molar-refractivity contribution in [2.75, 3.05) is 0 Å². The molecule has 0 radical (unpaired) electrons. The van der Waals surface area contributed by atoms with Gasteiger partial charge in [-0.3, -0.25) is 0 Å². The van der Waals surface area contributed by atoms with Crippen LogP contribution in [0, 0.1) is 0 Å². The fourth-order valence-electron chi connectivity index (χ4n) is 14.7. The minimum Gasteiger partial charge on any atom is -0.0571 e. The molecule has 3 fully saturated rings. The molecule has 3 aliphatic rings. The van der Waals surface area contributed by atoms with Crippen LogP contribution in [0.3, 0.4) is 0 Å². The van der Waals surface area contributed by atoms with E-state index in [1.54, 1.807) is 151 Å². The molecule has 0 aromatic rings. The SMILES string of the molecule is C1CCCCCCCCC[Si]23CCCCCCCCCCCCCCCCC[Si](CCCCCCCC1)(CCCCCCCCCCCCCCCCC2)CCCCCCCCCCCCCCCC3. The molecule has 0 N–H and O–H groups in total. The fourth-order valence-corrected chi connectivity index (χ4v) is 25.7. The molecule has 0 amide bonds. The van der Waals surface area contributed by atoms with Gasteiger partial charge in [-0.2, -0.15) is 0 Å². The van der Waals surface area contributed by atoms with Crippen molar-refractivity contribution in [3.8, 4) is 0 Å². The first-order chi connectivity index (χ1) is 34.8. The first-order valence-corrected chi connectivity index (χ1v) is 40.5. The molecule has 416 valence electrons. The van der Waals surface area contributed by atoms with Gasteiger partial charge in [0.05, 0.1) is 16.1 Å². The average molecular weight is 1010 g/mol. The van der Waals surface area contributed by atoms with Gasteiger partial charge in [-0.25, -0.2) is 0 Å². The van der Waals surface area contributed by atoms with Crippen LogP contribution in [0.5, 0.6) is 0 Å². The van der Waals surface area contributed by atoms with Gasteiger partial charge in [-0.15, -0.1) is 0 Å². The lowest BCUT2D eigenvalue weighted by molar-refractivity contribution is 0.529. The maximum atomic E-state index is 1.70. The second-order valence-corrected chi connectivity index (χ2v) is 36.2. The molecule has 0 aromatic carbocycles. The second-order valence-electron chi connectivity index (χ2n) is 26.2. The predicted octanol–water partition coefficient (Wildman–Crippen LogP) is 26.3. The van der Waals surface area contributed by atoms with E-state index in [2.05, 4.69) is 0 Å². The van der Waals surface area contributed by atoms with Crippen LogP contribution in [0.4, 0.5) is 0 Å². The molecule has 0 unspecified atom stereocenters. The Morgan fingerprint density at radius 1 is 0.0714 bits per heavy atom. The third-order valence-corrected chi connectivity index (χ3v) is 31.0. The third-order valence-electron chi connectivity index (χ3n) is 19.7. The summed E-state index contributed by atoms with van der Waals surface area (Å²) in [6, 6.07) is 13.6. The third kappa shape index (κ3) is 39.8. The molecule has 3 heterocycles. The molecular formula is C68H136Si2. The zero-order chi connectivity index (χ0) is 49.1. The van der Waals surface area contributed by atoms with Crippen molar-refractivity contribution < 1.29 is 0 Å². The highest BCUT2D eigenvalue weighted by Gasteiger charge is 2.32. The lowest BCUT2D eigenvalue weighted by Crippen LogP contribution is -2.34. The minimum atomic E-state index is -1.21. The van der Waals surface area contributed by atoms with Gasteiger partial charge in [-0.05, 0) is 0 Å². The number of hydrogen-bond acceptors (Lipinski definition) is 0. The summed E-state index contributed by atoms with van der Waals surface area (Å²) < 4.78 is 0. The van der Waals surface area contributed by atoms with E-state index in [1.165, 1.54) is 283 Å². The molecule has 70 heavy (non-hydrogen) atoms. The van der Waals surface area contributed by atoms with Gasteiger partial charge in [0, 0.05) is 0 Å². The van der Waals surface area contributed by atoms with Gasteiger partial charge in [0.2, 0.25) is 0 Å². The normalized spacial score (nSPS) is 28.8. The Morgan fingerprint density at radius 3 is 0.200 bits per heavy atom. The molecule has 2 heteroatoms. The van der Waals surface area contributed by atoms with Crippen molar-refractivity contribution in [3.63, 3.8) is 0 Å². The maximum Gasteiger partial charge on any atom is 0.0535 e. The van der Waals surface area contributed by atoms with E-state index in [9.17, 15) is 0 Å². The Morgan fingerprint density at radius 2 is 0.129 bits per heavy atom. The Bertz CT molecular complexity index is 894. The second kappa shape index (κ2) is 50.3. The molecule has 0 saturated carbocycles. The van der Waals surface area contributed by atoms with E-state index in [-0.39, 0.29) is 0 Å². The first kappa shape index (κ1) is 64.7. The Labute approximate surface area is 447 Å². The number of hydrogen-bond donors (Lipinski definition) is 0. The first-order valence-electron chi connectivity index (χ1n) is 34.8. The topological polar surface area (TPSA) is 0 Å². The van der Waals surface area contributed by atoms with E-state index in [0.717, 1.165) is 0 Å². The van der Waals surface area contributed by atoms with Gasteiger partial charge in [-0.1, -0.05) is 434 Å². The minimum absolute atomic E-state index is 1.21. The molecule has 2 bridgehead atoms. The predicted molar refractivity (Wildman–Crippen MR) is 327 cm³/mol. The summed E-state index contributed by atoms with van der Waals surface area (Å²) in [5.74, 6) is 0.